The van der Waals surface area contributed by atoms with Crippen LogP contribution >= 0.6 is 12.6 Å². The standard InChI is InChI=1S/C14H11F3N2O2S/c1-8-11(14(15,16)17)7-18-19(13(8)21)10-4-2-3-9(5-10)6-12(20)22/h2-5,7H,6H2,1H3,(H,20,22). The number of hydrogen-bond acceptors (Lipinski definition) is 3. The first kappa shape index (κ1) is 16.3. The summed E-state index contributed by atoms with van der Waals surface area (Å²) in [6.07, 6.45) is -3.96. The van der Waals surface area contributed by atoms with E-state index in [-0.39, 0.29) is 17.2 Å². The highest BCUT2D eigenvalue weighted by molar-refractivity contribution is 7.96. The normalized spacial score (nSPS) is 11.5. The zero-order valence-corrected chi connectivity index (χ0v) is 12.3. The third-order valence-corrected chi connectivity index (χ3v) is 3.19. The molecule has 22 heavy (non-hydrogen) atoms. The molecule has 0 saturated carbocycles. The van der Waals surface area contributed by atoms with Crippen molar-refractivity contribution >= 4 is 17.7 Å². The summed E-state index contributed by atoms with van der Waals surface area (Å²) < 4.78 is 39.1. The van der Waals surface area contributed by atoms with E-state index in [0.29, 0.717) is 11.8 Å². The van der Waals surface area contributed by atoms with Crippen molar-refractivity contribution < 1.29 is 18.0 Å². The van der Waals surface area contributed by atoms with E-state index in [2.05, 4.69) is 17.7 Å². The summed E-state index contributed by atoms with van der Waals surface area (Å²) in [5, 5.41) is 3.22. The van der Waals surface area contributed by atoms with E-state index in [9.17, 15) is 22.8 Å². The van der Waals surface area contributed by atoms with Crippen molar-refractivity contribution in [3.05, 3.63) is 57.5 Å². The summed E-state index contributed by atoms with van der Waals surface area (Å²) in [5.74, 6) is 0. The van der Waals surface area contributed by atoms with Crippen LogP contribution in [0.3, 0.4) is 0 Å². The number of carbonyl (C=O) groups is 1. The maximum atomic E-state index is 12.7. The Hall–Kier alpha value is -2.09. The van der Waals surface area contributed by atoms with Crippen LogP contribution in [0, 0.1) is 6.92 Å². The highest BCUT2D eigenvalue weighted by Gasteiger charge is 2.34. The van der Waals surface area contributed by atoms with Gasteiger partial charge < -0.3 is 0 Å². The van der Waals surface area contributed by atoms with Crippen LogP contribution in [0.5, 0.6) is 0 Å². The molecule has 8 heteroatoms. The van der Waals surface area contributed by atoms with Gasteiger partial charge in [0, 0.05) is 12.0 Å². The minimum atomic E-state index is -4.63. The van der Waals surface area contributed by atoms with Crippen LogP contribution in [0.4, 0.5) is 13.2 Å². The lowest BCUT2D eigenvalue weighted by molar-refractivity contribution is -0.138. The maximum Gasteiger partial charge on any atom is 0.418 e. The average molecular weight is 328 g/mol. The van der Waals surface area contributed by atoms with Gasteiger partial charge in [0.15, 0.2) is 5.12 Å². The molecule has 2 rings (SSSR count). The number of alkyl halides is 3. The minimum absolute atomic E-state index is 0.0469. The minimum Gasteiger partial charge on any atom is -0.287 e. The van der Waals surface area contributed by atoms with E-state index < -0.39 is 22.9 Å². The second-order valence-electron chi connectivity index (χ2n) is 4.64. The Bertz CT molecular complexity index is 784. The predicted octanol–water partition coefficient (Wildman–Crippen LogP) is 2.56. The van der Waals surface area contributed by atoms with Gasteiger partial charge in [0.05, 0.1) is 17.4 Å². The molecule has 0 aliphatic carbocycles. The van der Waals surface area contributed by atoms with Gasteiger partial charge in [0.2, 0.25) is 0 Å². The number of carbonyl (C=O) groups excluding carboxylic acids is 1. The molecule has 0 spiro atoms. The molecule has 0 aliphatic rings. The van der Waals surface area contributed by atoms with Crippen LogP contribution < -0.4 is 5.56 Å². The Morgan fingerprint density at radius 1 is 1.36 bits per heavy atom. The van der Waals surface area contributed by atoms with E-state index in [1.807, 2.05) is 0 Å². The van der Waals surface area contributed by atoms with Crippen LogP contribution in [0.1, 0.15) is 16.7 Å². The molecular formula is C14H11F3N2O2S. The number of halogens is 3. The molecule has 1 heterocycles. The van der Waals surface area contributed by atoms with Crippen LogP contribution in [0.25, 0.3) is 5.69 Å². The molecule has 0 aliphatic heterocycles. The quantitative estimate of drug-likeness (QED) is 0.881. The van der Waals surface area contributed by atoms with Crippen molar-refractivity contribution in [2.45, 2.75) is 19.5 Å². The van der Waals surface area contributed by atoms with E-state index in [1.54, 1.807) is 12.1 Å². The van der Waals surface area contributed by atoms with Crippen molar-refractivity contribution in [1.82, 2.24) is 9.78 Å². The lowest BCUT2D eigenvalue weighted by atomic mass is 10.1. The number of nitrogens with zero attached hydrogens (tertiary/aromatic N) is 2. The van der Waals surface area contributed by atoms with Gasteiger partial charge in [-0.15, -0.1) is 12.6 Å². The largest absolute Gasteiger partial charge is 0.418 e. The predicted molar refractivity (Wildman–Crippen MR) is 77.3 cm³/mol. The average Bonchev–Trinajstić information content (AvgIpc) is 2.40. The highest BCUT2D eigenvalue weighted by Crippen LogP contribution is 2.29. The molecule has 2 aromatic rings. The maximum absolute atomic E-state index is 12.7. The summed E-state index contributed by atoms with van der Waals surface area (Å²) in [5.41, 5.74) is -1.48. The van der Waals surface area contributed by atoms with Gasteiger partial charge in [-0.05, 0) is 24.6 Å². The topological polar surface area (TPSA) is 52.0 Å². The molecule has 0 saturated heterocycles. The fraction of sp³-hybridized carbons (Fsp3) is 0.214. The van der Waals surface area contributed by atoms with Crippen LogP contribution in [-0.4, -0.2) is 14.9 Å². The van der Waals surface area contributed by atoms with Crippen molar-refractivity contribution in [2.75, 3.05) is 0 Å². The first-order valence-electron chi connectivity index (χ1n) is 6.17. The van der Waals surface area contributed by atoms with Gasteiger partial charge in [0.25, 0.3) is 5.56 Å². The molecule has 0 amide bonds. The summed E-state index contributed by atoms with van der Waals surface area (Å²) >= 11 is 3.66. The molecule has 0 radical (unpaired) electrons. The van der Waals surface area contributed by atoms with Crippen molar-refractivity contribution in [3.63, 3.8) is 0 Å². The zero-order valence-electron chi connectivity index (χ0n) is 11.4. The number of rotatable bonds is 3. The molecule has 0 atom stereocenters. The van der Waals surface area contributed by atoms with Gasteiger partial charge in [-0.25, -0.2) is 0 Å². The number of thiol groups is 1. The Balaban J connectivity index is 2.53. The summed E-state index contributed by atoms with van der Waals surface area (Å²) in [6, 6.07) is 6.27. The lowest BCUT2D eigenvalue weighted by Crippen LogP contribution is -2.27. The smallest absolute Gasteiger partial charge is 0.287 e. The third-order valence-electron chi connectivity index (χ3n) is 3.04. The summed E-state index contributed by atoms with van der Waals surface area (Å²) in [6.45, 7) is 1.10. The Kier molecular flexibility index (Phi) is 4.41. The van der Waals surface area contributed by atoms with E-state index in [4.69, 9.17) is 0 Å². The van der Waals surface area contributed by atoms with E-state index >= 15 is 0 Å². The summed E-state index contributed by atoms with van der Waals surface area (Å²) in [4.78, 5) is 23.1. The first-order chi connectivity index (χ1) is 10.2. The SMILES string of the molecule is Cc1c(C(F)(F)F)cnn(-c2cccc(CC(=O)S)c2)c1=O. The first-order valence-corrected chi connectivity index (χ1v) is 6.62. The number of aromatic nitrogens is 2. The molecular weight excluding hydrogens is 317 g/mol. The molecule has 0 bridgehead atoms. The highest BCUT2D eigenvalue weighted by atomic mass is 32.1. The second kappa shape index (κ2) is 5.96. The fourth-order valence-corrected chi connectivity index (χ4v) is 2.16. The molecule has 116 valence electrons. The van der Waals surface area contributed by atoms with Gasteiger partial charge >= 0.3 is 6.18 Å². The van der Waals surface area contributed by atoms with Gasteiger partial charge in [-0.3, -0.25) is 9.59 Å². The molecule has 0 fully saturated rings. The zero-order chi connectivity index (χ0) is 16.5. The van der Waals surface area contributed by atoms with Crippen LogP contribution in [0.15, 0.2) is 35.3 Å². The molecule has 4 nitrogen and oxygen atoms in total. The molecule has 0 N–H and O–H groups in total. The second-order valence-corrected chi connectivity index (χ2v) is 5.14. The Morgan fingerprint density at radius 3 is 2.64 bits per heavy atom. The number of benzene rings is 1. The molecule has 0 unspecified atom stereocenters. The molecule has 1 aromatic heterocycles. The van der Waals surface area contributed by atoms with Crippen molar-refractivity contribution in [3.8, 4) is 5.69 Å². The molecule has 1 aromatic carbocycles. The van der Waals surface area contributed by atoms with Crippen molar-refractivity contribution in [1.29, 1.82) is 0 Å². The van der Waals surface area contributed by atoms with Crippen LogP contribution in [-0.2, 0) is 17.4 Å². The third kappa shape index (κ3) is 3.38. The number of hydrogen-bond donors (Lipinski definition) is 1. The van der Waals surface area contributed by atoms with E-state index in [0.717, 1.165) is 11.6 Å². The lowest BCUT2D eigenvalue weighted by Gasteiger charge is -2.12. The Morgan fingerprint density at radius 2 is 2.05 bits per heavy atom. The van der Waals surface area contributed by atoms with Gasteiger partial charge in [-0.1, -0.05) is 12.1 Å². The van der Waals surface area contributed by atoms with Gasteiger partial charge in [-0.2, -0.15) is 23.0 Å². The van der Waals surface area contributed by atoms with Gasteiger partial charge in [0.1, 0.15) is 0 Å². The Labute approximate surface area is 129 Å². The van der Waals surface area contributed by atoms with E-state index in [1.165, 1.54) is 12.1 Å². The fourth-order valence-electron chi connectivity index (χ4n) is 1.98. The monoisotopic (exact) mass is 328 g/mol. The van der Waals surface area contributed by atoms with Crippen molar-refractivity contribution in [2.24, 2.45) is 0 Å². The summed E-state index contributed by atoms with van der Waals surface area (Å²) in [7, 11) is 0. The van der Waals surface area contributed by atoms with Crippen LogP contribution in [0.2, 0.25) is 0 Å².